The van der Waals surface area contributed by atoms with Crippen LogP contribution in [-0.4, -0.2) is 15.2 Å². The highest BCUT2D eigenvalue weighted by Crippen LogP contribution is 2.19. The van der Waals surface area contributed by atoms with Gasteiger partial charge in [0.2, 0.25) is 5.28 Å². The summed E-state index contributed by atoms with van der Waals surface area (Å²) >= 11 is 11.5. The van der Waals surface area contributed by atoms with Crippen LogP contribution in [-0.2, 0) is 6.54 Å². The van der Waals surface area contributed by atoms with Crippen LogP contribution in [0.3, 0.4) is 0 Å². The predicted molar refractivity (Wildman–Crippen MR) is 73.0 cm³/mol. The van der Waals surface area contributed by atoms with E-state index in [-0.39, 0.29) is 16.3 Å². The van der Waals surface area contributed by atoms with Gasteiger partial charge < -0.3 is 5.32 Å². The Morgan fingerprint density at radius 1 is 1.16 bits per heavy atom. The van der Waals surface area contributed by atoms with E-state index in [1.807, 2.05) is 0 Å². The van der Waals surface area contributed by atoms with Gasteiger partial charge in [-0.25, -0.2) is 4.39 Å². The summed E-state index contributed by atoms with van der Waals surface area (Å²) in [7, 11) is 0. The molecule has 4 nitrogen and oxygen atoms in total. The zero-order valence-electron chi connectivity index (χ0n) is 10.3. The van der Waals surface area contributed by atoms with E-state index in [2.05, 4.69) is 20.5 Å². The molecule has 0 unspecified atom stereocenters. The lowest BCUT2D eigenvalue weighted by Gasteiger charge is -2.09. The molecule has 2 rings (SSSR count). The molecule has 1 heterocycles. The van der Waals surface area contributed by atoms with E-state index in [1.165, 1.54) is 0 Å². The van der Waals surface area contributed by atoms with Crippen molar-refractivity contribution in [2.24, 2.45) is 0 Å². The topological polar surface area (TPSA) is 50.7 Å². The second kappa shape index (κ2) is 5.67. The number of halogens is 3. The number of nitrogens with zero attached hydrogens (tertiary/aromatic N) is 3. The van der Waals surface area contributed by atoms with Crippen LogP contribution in [0.5, 0.6) is 0 Å². The van der Waals surface area contributed by atoms with Gasteiger partial charge in [-0.3, -0.25) is 0 Å². The maximum Gasteiger partial charge on any atom is 0.245 e. The second-order valence-corrected chi connectivity index (χ2v) is 4.81. The standard InChI is InChI=1S/C12H11Cl2FN4/c1-6-3-8(4-7(2)9(6)15)5-16-11-10(13)18-19-12(14)17-11/h3-4H,5H2,1-2H3,(H,16,17,19). The minimum absolute atomic E-state index is 0.0124. The maximum atomic E-state index is 13.5. The van der Waals surface area contributed by atoms with Crippen LogP contribution in [0.1, 0.15) is 16.7 Å². The smallest absolute Gasteiger partial charge is 0.245 e. The minimum Gasteiger partial charge on any atom is -0.363 e. The molecule has 19 heavy (non-hydrogen) atoms. The van der Waals surface area contributed by atoms with Crippen molar-refractivity contribution in [1.82, 2.24) is 15.2 Å². The van der Waals surface area contributed by atoms with Gasteiger partial charge in [-0.05, 0) is 42.1 Å². The number of aromatic nitrogens is 3. The Balaban J connectivity index is 2.17. The van der Waals surface area contributed by atoms with E-state index in [0.29, 0.717) is 23.5 Å². The van der Waals surface area contributed by atoms with Gasteiger partial charge in [0.05, 0.1) is 0 Å². The summed E-state index contributed by atoms with van der Waals surface area (Å²) in [6.07, 6.45) is 0. The number of hydrogen-bond acceptors (Lipinski definition) is 4. The molecule has 7 heteroatoms. The van der Waals surface area contributed by atoms with Gasteiger partial charge in [0, 0.05) is 6.54 Å². The lowest BCUT2D eigenvalue weighted by molar-refractivity contribution is 0.608. The molecule has 1 aromatic carbocycles. The fourth-order valence-electron chi connectivity index (χ4n) is 1.73. The van der Waals surface area contributed by atoms with Crippen LogP contribution in [0.15, 0.2) is 12.1 Å². The third-order valence-corrected chi connectivity index (χ3v) is 2.99. The summed E-state index contributed by atoms with van der Waals surface area (Å²) < 4.78 is 13.5. The Bertz CT molecular complexity index is 596. The van der Waals surface area contributed by atoms with Crippen LogP contribution in [0.2, 0.25) is 10.4 Å². The van der Waals surface area contributed by atoms with Gasteiger partial charge >= 0.3 is 0 Å². The summed E-state index contributed by atoms with van der Waals surface area (Å²) in [6.45, 7) is 3.89. The van der Waals surface area contributed by atoms with E-state index in [9.17, 15) is 4.39 Å². The number of benzene rings is 1. The summed E-state index contributed by atoms with van der Waals surface area (Å²) in [4.78, 5) is 3.92. The van der Waals surface area contributed by atoms with Crippen molar-refractivity contribution in [3.8, 4) is 0 Å². The highest BCUT2D eigenvalue weighted by atomic mass is 35.5. The van der Waals surface area contributed by atoms with Gasteiger partial charge in [-0.2, -0.15) is 4.98 Å². The molecule has 0 fully saturated rings. The summed E-state index contributed by atoms with van der Waals surface area (Å²) in [5.41, 5.74) is 2.12. The summed E-state index contributed by atoms with van der Waals surface area (Å²) in [5, 5.41) is 10.3. The summed E-state index contributed by atoms with van der Waals surface area (Å²) in [6, 6.07) is 3.53. The molecule has 0 radical (unpaired) electrons. The summed E-state index contributed by atoms with van der Waals surface area (Å²) in [5.74, 6) is 0.162. The highest BCUT2D eigenvalue weighted by molar-refractivity contribution is 6.32. The SMILES string of the molecule is Cc1cc(CNc2nc(Cl)nnc2Cl)cc(C)c1F. The number of rotatable bonds is 3. The van der Waals surface area contributed by atoms with Crippen molar-refractivity contribution < 1.29 is 4.39 Å². The van der Waals surface area contributed by atoms with E-state index in [4.69, 9.17) is 23.2 Å². The largest absolute Gasteiger partial charge is 0.363 e. The second-order valence-electron chi connectivity index (χ2n) is 4.12. The molecule has 0 aliphatic rings. The number of anilines is 1. The quantitative estimate of drug-likeness (QED) is 0.942. The Labute approximate surface area is 120 Å². The molecule has 0 bridgehead atoms. The molecular formula is C12H11Cl2FN4. The van der Waals surface area contributed by atoms with Crippen LogP contribution >= 0.6 is 23.2 Å². The molecule has 0 saturated heterocycles. The van der Waals surface area contributed by atoms with Crippen molar-refractivity contribution in [2.45, 2.75) is 20.4 Å². The van der Waals surface area contributed by atoms with Crippen molar-refractivity contribution in [1.29, 1.82) is 0 Å². The lowest BCUT2D eigenvalue weighted by atomic mass is 10.1. The third kappa shape index (κ3) is 3.30. The lowest BCUT2D eigenvalue weighted by Crippen LogP contribution is -2.05. The molecule has 1 aromatic heterocycles. The zero-order chi connectivity index (χ0) is 14.0. The highest BCUT2D eigenvalue weighted by Gasteiger charge is 2.07. The van der Waals surface area contributed by atoms with Gasteiger partial charge in [0.1, 0.15) is 5.82 Å². The molecule has 2 aromatic rings. The first-order valence-electron chi connectivity index (χ1n) is 5.52. The molecule has 0 saturated carbocycles. The molecular weight excluding hydrogens is 290 g/mol. The van der Waals surface area contributed by atoms with Gasteiger partial charge in [0.15, 0.2) is 11.0 Å². The average Bonchev–Trinajstić information content (AvgIpc) is 2.37. The number of nitrogens with one attached hydrogen (secondary N) is 1. The Morgan fingerprint density at radius 3 is 2.42 bits per heavy atom. The Morgan fingerprint density at radius 2 is 1.79 bits per heavy atom. The van der Waals surface area contributed by atoms with E-state index < -0.39 is 0 Å². The van der Waals surface area contributed by atoms with Crippen LogP contribution in [0, 0.1) is 19.7 Å². The fourth-order valence-corrected chi connectivity index (χ4v) is 2.00. The van der Waals surface area contributed by atoms with Crippen LogP contribution in [0.25, 0.3) is 0 Å². The monoisotopic (exact) mass is 300 g/mol. The fraction of sp³-hybridized carbons (Fsp3) is 0.250. The van der Waals surface area contributed by atoms with Crippen LogP contribution in [0.4, 0.5) is 10.2 Å². The van der Waals surface area contributed by atoms with Gasteiger partial charge in [-0.15, -0.1) is 10.2 Å². The van der Waals surface area contributed by atoms with E-state index >= 15 is 0 Å². The van der Waals surface area contributed by atoms with Gasteiger partial charge in [0.25, 0.3) is 0 Å². The van der Waals surface area contributed by atoms with Crippen LogP contribution < -0.4 is 5.32 Å². The molecule has 1 N–H and O–H groups in total. The van der Waals surface area contributed by atoms with Gasteiger partial charge in [-0.1, -0.05) is 23.7 Å². The average molecular weight is 301 g/mol. The molecule has 0 amide bonds. The van der Waals surface area contributed by atoms with Crippen molar-refractivity contribution in [2.75, 3.05) is 5.32 Å². The maximum absolute atomic E-state index is 13.5. The molecule has 0 spiro atoms. The first-order valence-corrected chi connectivity index (χ1v) is 6.28. The van der Waals surface area contributed by atoms with E-state index in [1.54, 1.807) is 26.0 Å². The van der Waals surface area contributed by atoms with Crippen molar-refractivity contribution in [3.63, 3.8) is 0 Å². The first kappa shape index (κ1) is 14.0. The Hall–Kier alpha value is -1.46. The molecule has 0 atom stereocenters. The zero-order valence-corrected chi connectivity index (χ0v) is 11.8. The predicted octanol–water partition coefficient (Wildman–Crippen LogP) is 3.55. The third-order valence-electron chi connectivity index (χ3n) is 2.58. The number of hydrogen-bond donors (Lipinski definition) is 1. The minimum atomic E-state index is -0.187. The Kier molecular flexibility index (Phi) is 4.17. The van der Waals surface area contributed by atoms with E-state index in [0.717, 1.165) is 5.56 Å². The number of aryl methyl sites for hydroxylation is 2. The normalized spacial score (nSPS) is 10.6. The first-order chi connectivity index (χ1) is 8.97. The molecule has 0 aliphatic heterocycles. The molecule has 0 aliphatic carbocycles. The van der Waals surface area contributed by atoms with Crippen molar-refractivity contribution in [3.05, 3.63) is 45.1 Å². The molecule has 100 valence electrons. The van der Waals surface area contributed by atoms with Crippen molar-refractivity contribution >= 4 is 29.0 Å².